The number of aromatic nitrogens is 2. The molecular formula is C15H17FN2O2. The zero-order valence-corrected chi connectivity index (χ0v) is 11.3. The Hall–Kier alpha value is -2.17. The van der Waals surface area contributed by atoms with E-state index in [1.54, 1.807) is 29.1 Å². The summed E-state index contributed by atoms with van der Waals surface area (Å²) in [6.07, 6.45) is 4.03. The van der Waals surface area contributed by atoms with Gasteiger partial charge >= 0.3 is 5.97 Å². The Kier molecular flexibility index (Phi) is 4.50. The number of aryl methyl sites for hydroxylation is 1. The lowest BCUT2D eigenvalue weighted by atomic mass is 9.93. The molecule has 1 N–H and O–H groups in total. The lowest BCUT2D eigenvalue weighted by molar-refractivity contribution is -0.141. The Bertz CT molecular complexity index is 595. The number of benzene rings is 1. The van der Waals surface area contributed by atoms with Gasteiger partial charge in [0.05, 0.1) is 12.1 Å². The molecule has 0 aliphatic heterocycles. The van der Waals surface area contributed by atoms with Crippen LogP contribution in [0.2, 0.25) is 0 Å². The van der Waals surface area contributed by atoms with Crippen molar-refractivity contribution < 1.29 is 14.3 Å². The molecule has 0 spiro atoms. The molecule has 0 aliphatic carbocycles. The highest BCUT2D eigenvalue weighted by molar-refractivity contribution is 5.70. The molecule has 1 atom stereocenters. The van der Waals surface area contributed by atoms with Crippen LogP contribution in [0.4, 0.5) is 4.39 Å². The first-order chi connectivity index (χ1) is 9.60. The summed E-state index contributed by atoms with van der Waals surface area (Å²) in [5, 5.41) is 13.4. The first kappa shape index (κ1) is 14.2. The van der Waals surface area contributed by atoms with Gasteiger partial charge in [-0.3, -0.25) is 9.48 Å². The minimum Gasteiger partial charge on any atom is -0.481 e. The highest BCUT2D eigenvalue weighted by Crippen LogP contribution is 2.17. The highest BCUT2D eigenvalue weighted by atomic mass is 19.1. The SMILES string of the molecule is CCn1cc(CC(Cc2ccccc2F)C(=O)O)cn1. The van der Waals surface area contributed by atoms with Crippen LogP contribution in [0.25, 0.3) is 0 Å². The van der Waals surface area contributed by atoms with Crippen molar-refractivity contribution in [3.8, 4) is 0 Å². The summed E-state index contributed by atoms with van der Waals surface area (Å²) >= 11 is 0. The van der Waals surface area contributed by atoms with E-state index in [0.717, 1.165) is 12.1 Å². The van der Waals surface area contributed by atoms with E-state index in [1.165, 1.54) is 6.07 Å². The Morgan fingerprint density at radius 2 is 2.15 bits per heavy atom. The third kappa shape index (κ3) is 3.44. The molecule has 2 aromatic rings. The molecule has 0 fully saturated rings. The minimum atomic E-state index is -0.919. The van der Waals surface area contributed by atoms with E-state index in [4.69, 9.17) is 0 Å². The highest BCUT2D eigenvalue weighted by Gasteiger charge is 2.20. The van der Waals surface area contributed by atoms with Gasteiger partial charge in [-0.25, -0.2) is 4.39 Å². The molecule has 4 nitrogen and oxygen atoms in total. The zero-order valence-electron chi connectivity index (χ0n) is 11.3. The van der Waals surface area contributed by atoms with E-state index in [2.05, 4.69) is 5.10 Å². The summed E-state index contributed by atoms with van der Waals surface area (Å²) in [5.74, 6) is -1.93. The maximum absolute atomic E-state index is 13.6. The molecule has 0 bridgehead atoms. The number of hydrogen-bond donors (Lipinski definition) is 1. The third-order valence-corrected chi connectivity index (χ3v) is 3.27. The van der Waals surface area contributed by atoms with Crippen LogP contribution < -0.4 is 0 Å². The lowest BCUT2D eigenvalue weighted by Crippen LogP contribution is -2.19. The maximum atomic E-state index is 13.6. The first-order valence-electron chi connectivity index (χ1n) is 6.57. The topological polar surface area (TPSA) is 55.1 Å². The van der Waals surface area contributed by atoms with E-state index < -0.39 is 11.9 Å². The zero-order chi connectivity index (χ0) is 14.5. The molecule has 20 heavy (non-hydrogen) atoms. The number of aliphatic carboxylic acids is 1. The summed E-state index contributed by atoms with van der Waals surface area (Å²) in [6.45, 7) is 2.70. The average Bonchev–Trinajstić information content (AvgIpc) is 2.88. The van der Waals surface area contributed by atoms with E-state index in [1.807, 2.05) is 13.1 Å². The van der Waals surface area contributed by atoms with Crippen molar-refractivity contribution in [3.05, 3.63) is 53.6 Å². The number of rotatable bonds is 6. The number of nitrogens with zero attached hydrogens (tertiary/aromatic N) is 2. The van der Waals surface area contributed by atoms with Gasteiger partial charge in [0.15, 0.2) is 0 Å². The van der Waals surface area contributed by atoms with Crippen LogP contribution in [-0.2, 0) is 24.2 Å². The molecule has 1 heterocycles. The smallest absolute Gasteiger partial charge is 0.307 e. The number of halogens is 1. The second-order valence-electron chi connectivity index (χ2n) is 4.74. The summed E-state index contributed by atoms with van der Waals surface area (Å²) in [6, 6.07) is 6.29. The number of hydrogen-bond acceptors (Lipinski definition) is 2. The van der Waals surface area contributed by atoms with E-state index >= 15 is 0 Å². The van der Waals surface area contributed by atoms with E-state index in [-0.39, 0.29) is 12.2 Å². The van der Waals surface area contributed by atoms with Crippen LogP contribution >= 0.6 is 0 Å². The van der Waals surface area contributed by atoms with Crippen LogP contribution in [0, 0.1) is 11.7 Å². The van der Waals surface area contributed by atoms with Crippen molar-refractivity contribution in [1.82, 2.24) is 9.78 Å². The van der Waals surface area contributed by atoms with Gasteiger partial charge in [-0.15, -0.1) is 0 Å². The van der Waals surface area contributed by atoms with Gasteiger partial charge in [-0.1, -0.05) is 18.2 Å². The van der Waals surface area contributed by atoms with Crippen LogP contribution in [0.5, 0.6) is 0 Å². The fraction of sp³-hybridized carbons (Fsp3) is 0.333. The monoisotopic (exact) mass is 276 g/mol. The molecule has 106 valence electrons. The largest absolute Gasteiger partial charge is 0.481 e. The van der Waals surface area contributed by atoms with Crippen molar-refractivity contribution in [2.75, 3.05) is 0 Å². The summed E-state index contributed by atoms with van der Waals surface area (Å²) < 4.78 is 15.3. The summed E-state index contributed by atoms with van der Waals surface area (Å²) in [5.41, 5.74) is 1.29. The maximum Gasteiger partial charge on any atom is 0.307 e. The Morgan fingerprint density at radius 1 is 1.40 bits per heavy atom. The van der Waals surface area contributed by atoms with Crippen molar-refractivity contribution in [1.29, 1.82) is 0 Å². The van der Waals surface area contributed by atoms with Gasteiger partial charge in [-0.05, 0) is 37.0 Å². The molecule has 2 rings (SSSR count). The van der Waals surface area contributed by atoms with Gasteiger partial charge in [0, 0.05) is 12.7 Å². The molecule has 5 heteroatoms. The van der Waals surface area contributed by atoms with Crippen molar-refractivity contribution >= 4 is 5.97 Å². The first-order valence-corrected chi connectivity index (χ1v) is 6.57. The molecule has 1 aromatic carbocycles. The lowest BCUT2D eigenvalue weighted by Gasteiger charge is -2.11. The molecule has 1 unspecified atom stereocenters. The molecular weight excluding hydrogens is 259 g/mol. The average molecular weight is 276 g/mol. The van der Waals surface area contributed by atoms with Crippen molar-refractivity contribution in [2.24, 2.45) is 5.92 Å². The number of carboxylic acids is 1. The van der Waals surface area contributed by atoms with Crippen LogP contribution in [0.1, 0.15) is 18.1 Å². The fourth-order valence-electron chi connectivity index (χ4n) is 2.15. The van der Waals surface area contributed by atoms with Gasteiger partial charge in [-0.2, -0.15) is 5.10 Å². The second-order valence-corrected chi connectivity index (χ2v) is 4.74. The normalized spacial score (nSPS) is 12.3. The summed E-state index contributed by atoms with van der Waals surface area (Å²) in [7, 11) is 0. The van der Waals surface area contributed by atoms with Crippen molar-refractivity contribution in [3.63, 3.8) is 0 Å². The minimum absolute atomic E-state index is 0.180. The Morgan fingerprint density at radius 3 is 2.75 bits per heavy atom. The Labute approximate surface area is 116 Å². The van der Waals surface area contributed by atoms with Gasteiger partial charge in [0.1, 0.15) is 5.82 Å². The van der Waals surface area contributed by atoms with Crippen molar-refractivity contribution in [2.45, 2.75) is 26.3 Å². The molecule has 0 saturated carbocycles. The second kappa shape index (κ2) is 6.32. The van der Waals surface area contributed by atoms with Crippen LogP contribution in [0.15, 0.2) is 36.7 Å². The molecule has 1 aromatic heterocycles. The van der Waals surface area contributed by atoms with Gasteiger partial charge in [0.25, 0.3) is 0 Å². The molecule has 0 aliphatic rings. The van der Waals surface area contributed by atoms with Crippen LogP contribution in [0.3, 0.4) is 0 Å². The standard InChI is InChI=1S/C15H17FN2O2/c1-2-18-10-11(9-17-18)7-13(15(19)20)8-12-5-3-4-6-14(12)16/h3-6,9-10,13H,2,7-8H2,1H3,(H,19,20). The molecule has 0 radical (unpaired) electrons. The predicted octanol–water partition coefficient (Wildman–Crippen LogP) is 2.53. The van der Waals surface area contributed by atoms with Gasteiger partial charge in [0.2, 0.25) is 0 Å². The number of carbonyl (C=O) groups is 1. The molecule has 0 saturated heterocycles. The summed E-state index contributed by atoms with van der Waals surface area (Å²) in [4.78, 5) is 11.3. The quantitative estimate of drug-likeness (QED) is 0.882. The Balaban J connectivity index is 2.11. The number of carboxylic acid groups (broad SMARTS) is 1. The van der Waals surface area contributed by atoms with Crippen LogP contribution in [-0.4, -0.2) is 20.9 Å². The fourth-order valence-corrected chi connectivity index (χ4v) is 2.15. The van der Waals surface area contributed by atoms with E-state index in [9.17, 15) is 14.3 Å². The predicted molar refractivity (Wildman–Crippen MR) is 72.8 cm³/mol. The molecule has 0 amide bonds. The third-order valence-electron chi connectivity index (χ3n) is 3.27. The van der Waals surface area contributed by atoms with E-state index in [0.29, 0.717) is 12.0 Å². The van der Waals surface area contributed by atoms with Gasteiger partial charge < -0.3 is 5.11 Å².